The van der Waals surface area contributed by atoms with Crippen molar-refractivity contribution in [2.24, 2.45) is 10.2 Å². The number of aromatic nitrogens is 2. The Morgan fingerprint density at radius 2 is 1.94 bits per heavy atom. The molecule has 0 fully saturated rings. The molecule has 0 spiro atoms. The predicted molar refractivity (Wildman–Crippen MR) is 73.9 cm³/mol. The van der Waals surface area contributed by atoms with E-state index in [1.165, 1.54) is 0 Å². The van der Waals surface area contributed by atoms with E-state index < -0.39 is 0 Å². The summed E-state index contributed by atoms with van der Waals surface area (Å²) in [5, 5.41) is 8.03. The molecule has 1 aromatic carbocycles. The van der Waals surface area contributed by atoms with Gasteiger partial charge >= 0.3 is 0 Å². The van der Waals surface area contributed by atoms with Crippen LogP contribution in [0, 0.1) is 0 Å². The third-order valence-corrected chi connectivity index (χ3v) is 2.31. The predicted octanol–water partition coefficient (Wildman–Crippen LogP) is 1.94. The van der Waals surface area contributed by atoms with Gasteiger partial charge in [0.15, 0.2) is 0 Å². The molecule has 0 aliphatic carbocycles. The second kappa shape index (κ2) is 5.35. The first-order valence-corrected chi connectivity index (χ1v) is 5.63. The van der Waals surface area contributed by atoms with Crippen LogP contribution in [0.3, 0.4) is 0 Å². The van der Waals surface area contributed by atoms with Gasteiger partial charge in [0.05, 0.1) is 22.9 Å². The van der Waals surface area contributed by atoms with Crippen LogP contribution in [0.15, 0.2) is 40.7 Å². The molecule has 0 aliphatic rings. The van der Waals surface area contributed by atoms with Gasteiger partial charge in [-0.15, -0.1) is 5.10 Å². The van der Waals surface area contributed by atoms with E-state index in [4.69, 9.17) is 0 Å². The molecule has 0 bridgehead atoms. The normalized spacial score (nSPS) is 12.3. The first kappa shape index (κ1) is 12.2. The fourth-order valence-corrected chi connectivity index (χ4v) is 1.40. The first-order chi connectivity index (χ1) is 8.66. The smallest absolute Gasteiger partial charge is 0.113 e. The summed E-state index contributed by atoms with van der Waals surface area (Å²) in [6.45, 7) is 1.87. The Bertz CT molecular complexity index is 601. The fourth-order valence-electron chi connectivity index (χ4n) is 1.40. The minimum absolute atomic E-state index is 0.740. The van der Waals surface area contributed by atoms with Gasteiger partial charge in [0.1, 0.15) is 12.0 Å². The van der Waals surface area contributed by atoms with E-state index in [1.807, 2.05) is 50.2 Å². The van der Waals surface area contributed by atoms with E-state index in [9.17, 15) is 0 Å². The molecule has 0 unspecified atom stereocenters. The molecule has 1 heterocycles. The fraction of sp³-hybridized carbons (Fsp3) is 0.231. The van der Waals surface area contributed by atoms with Crippen LogP contribution >= 0.6 is 0 Å². The summed E-state index contributed by atoms with van der Waals surface area (Å²) in [4.78, 5) is 10.7. The maximum absolute atomic E-state index is 4.49. The second-order valence-electron chi connectivity index (χ2n) is 4.12. The third-order valence-electron chi connectivity index (χ3n) is 2.31. The molecular formula is C13H15N5. The largest absolute Gasteiger partial charge is 0.367 e. The van der Waals surface area contributed by atoms with Crippen LogP contribution in [-0.4, -0.2) is 41.0 Å². The Labute approximate surface area is 106 Å². The van der Waals surface area contributed by atoms with Gasteiger partial charge in [-0.25, -0.2) is 4.98 Å². The minimum atomic E-state index is 0.740. The molecule has 0 amide bonds. The van der Waals surface area contributed by atoms with Gasteiger partial charge < -0.3 is 4.90 Å². The van der Waals surface area contributed by atoms with Crippen molar-refractivity contribution >= 4 is 23.1 Å². The number of rotatable bonds is 3. The molecule has 0 aliphatic heterocycles. The molecule has 0 N–H and O–H groups in total. The van der Waals surface area contributed by atoms with Gasteiger partial charge in [-0.3, -0.25) is 4.98 Å². The van der Waals surface area contributed by atoms with E-state index in [2.05, 4.69) is 20.2 Å². The van der Waals surface area contributed by atoms with Crippen molar-refractivity contribution in [2.75, 3.05) is 14.1 Å². The number of para-hydroxylation sites is 2. The van der Waals surface area contributed by atoms with Gasteiger partial charge in [0.25, 0.3) is 0 Å². The monoisotopic (exact) mass is 241 g/mol. The first-order valence-electron chi connectivity index (χ1n) is 5.63. The Morgan fingerprint density at radius 1 is 1.22 bits per heavy atom. The third kappa shape index (κ3) is 2.88. The maximum Gasteiger partial charge on any atom is 0.113 e. The number of hydrogen-bond donors (Lipinski definition) is 0. The zero-order valence-electron chi connectivity index (χ0n) is 10.7. The Kier molecular flexibility index (Phi) is 3.62. The highest BCUT2D eigenvalue weighted by molar-refractivity contribution is 5.98. The van der Waals surface area contributed by atoms with E-state index in [1.54, 1.807) is 12.5 Å². The summed E-state index contributed by atoms with van der Waals surface area (Å²) >= 11 is 0. The molecule has 0 saturated heterocycles. The maximum atomic E-state index is 4.49. The highest BCUT2D eigenvalue weighted by atomic mass is 15.3. The molecule has 1 aromatic heterocycles. The zero-order valence-corrected chi connectivity index (χ0v) is 10.7. The summed E-state index contributed by atoms with van der Waals surface area (Å²) in [5.41, 5.74) is 3.22. The van der Waals surface area contributed by atoms with Crippen LogP contribution in [-0.2, 0) is 0 Å². The average molecular weight is 241 g/mol. The molecular weight excluding hydrogens is 226 g/mol. The van der Waals surface area contributed by atoms with Crippen molar-refractivity contribution in [2.45, 2.75) is 6.92 Å². The Morgan fingerprint density at radius 3 is 2.67 bits per heavy atom. The molecule has 92 valence electrons. The molecule has 0 atom stereocenters. The van der Waals surface area contributed by atoms with E-state index in [-0.39, 0.29) is 0 Å². The standard InChI is InChI=1S/C13H15N5/c1-10(17-15-9-18(2)3)13-8-14-11-6-4-5-7-12(11)16-13/h4-9H,1-3H3/b15-9+,17-10+. The molecule has 5 nitrogen and oxygen atoms in total. The number of nitrogens with zero attached hydrogens (tertiary/aromatic N) is 5. The molecule has 5 heteroatoms. The topological polar surface area (TPSA) is 53.7 Å². The molecule has 0 saturated carbocycles. The lowest BCUT2D eigenvalue weighted by Crippen LogP contribution is -2.07. The van der Waals surface area contributed by atoms with Crippen molar-refractivity contribution in [1.82, 2.24) is 14.9 Å². The van der Waals surface area contributed by atoms with Crippen molar-refractivity contribution in [3.8, 4) is 0 Å². The van der Waals surface area contributed by atoms with Gasteiger partial charge in [0.2, 0.25) is 0 Å². The second-order valence-corrected chi connectivity index (χ2v) is 4.12. The van der Waals surface area contributed by atoms with E-state index in [0.717, 1.165) is 22.4 Å². The Balaban J connectivity index is 2.30. The highest BCUT2D eigenvalue weighted by Gasteiger charge is 2.01. The number of hydrogen-bond acceptors (Lipinski definition) is 4. The number of benzene rings is 1. The van der Waals surface area contributed by atoms with E-state index in [0.29, 0.717) is 0 Å². The molecule has 2 aromatic rings. The van der Waals surface area contributed by atoms with Crippen LogP contribution in [0.25, 0.3) is 11.0 Å². The van der Waals surface area contributed by atoms with Crippen molar-refractivity contribution in [3.63, 3.8) is 0 Å². The minimum Gasteiger partial charge on any atom is -0.367 e. The lowest BCUT2D eigenvalue weighted by Gasteiger charge is -2.01. The van der Waals surface area contributed by atoms with E-state index >= 15 is 0 Å². The molecule has 2 rings (SSSR count). The SMILES string of the molecule is C/C(=N\N=C\N(C)C)c1cnc2ccccc2n1. The van der Waals surface area contributed by atoms with Gasteiger partial charge in [0, 0.05) is 14.1 Å². The highest BCUT2D eigenvalue weighted by Crippen LogP contribution is 2.09. The summed E-state index contributed by atoms with van der Waals surface area (Å²) in [6, 6.07) is 7.75. The van der Waals surface area contributed by atoms with Crippen molar-refractivity contribution in [1.29, 1.82) is 0 Å². The number of fused-ring (bicyclic) bond motifs is 1. The summed E-state index contributed by atoms with van der Waals surface area (Å²) < 4.78 is 0. The van der Waals surface area contributed by atoms with Crippen molar-refractivity contribution in [3.05, 3.63) is 36.2 Å². The quantitative estimate of drug-likeness (QED) is 0.469. The summed E-state index contributed by atoms with van der Waals surface area (Å²) in [6.07, 6.45) is 3.35. The van der Waals surface area contributed by atoms with Crippen LogP contribution in [0.2, 0.25) is 0 Å². The molecule has 0 radical (unpaired) electrons. The zero-order chi connectivity index (χ0) is 13.0. The summed E-state index contributed by atoms with van der Waals surface area (Å²) in [7, 11) is 3.79. The van der Waals surface area contributed by atoms with Gasteiger partial charge in [-0.2, -0.15) is 5.10 Å². The van der Waals surface area contributed by atoms with Crippen LogP contribution in [0.4, 0.5) is 0 Å². The van der Waals surface area contributed by atoms with Crippen LogP contribution in [0.1, 0.15) is 12.6 Å². The van der Waals surface area contributed by atoms with Gasteiger partial charge in [-0.05, 0) is 19.1 Å². The lowest BCUT2D eigenvalue weighted by molar-refractivity contribution is 0.640. The average Bonchev–Trinajstić information content (AvgIpc) is 2.37. The lowest BCUT2D eigenvalue weighted by atomic mass is 10.2. The Hall–Kier alpha value is -2.30. The van der Waals surface area contributed by atoms with Crippen molar-refractivity contribution < 1.29 is 0 Å². The van der Waals surface area contributed by atoms with Crippen LogP contribution < -0.4 is 0 Å². The molecule has 18 heavy (non-hydrogen) atoms. The van der Waals surface area contributed by atoms with Crippen LogP contribution in [0.5, 0.6) is 0 Å². The van der Waals surface area contributed by atoms with Gasteiger partial charge in [-0.1, -0.05) is 12.1 Å². The summed E-state index contributed by atoms with van der Waals surface area (Å²) in [5.74, 6) is 0.